The average molecular weight is 761 g/mol. The van der Waals surface area contributed by atoms with Crippen molar-refractivity contribution in [3.05, 3.63) is 114 Å². The molecule has 0 saturated carbocycles. The zero-order valence-corrected chi connectivity index (χ0v) is 32.3. The Bertz CT molecular complexity index is 1570. The number of carbonyl (C=O) groups excluding carboxylic acids is 3. The Balaban J connectivity index is 0.000000223. The highest BCUT2D eigenvalue weighted by Gasteiger charge is 2.26. The molecule has 11 heteroatoms. The van der Waals surface area contributed by atoms with Gasteiger partial charge in [0.15, 0.2) is 0 Å². The van der Waals surface area contributed by atoms with Crippen molar-refractivity contribution in [2.75, 3.05) is 52.9 Å². The maximum absolute atomic E-state index is 12.5. The molecular weight excluding hydrogens is 707 g/mol. The quantitative estimate of drug-likeness (QED) is 0.171. The van der Waals surface area contributed by atoms with Gasteiger partial charge in [-0.25, -0.2) is 14.4 Å². The van der Waals surface area contributed by atoms with Crippen LogP contribution in [0.25, 0.3) is 0 Å². The summed E-state index contributed by atoms with van der Waals surface area (Å²) in [5.41, 5.74) is 2.12. The van der Waals surface area contributed by atoms with Gasteiger partial charge in [0.2, 0.25) is 0 Å². The van der Waals surface area contributed by atoms with Crippen molar-refractivity contribution in [2.24, 2.45) is 0 Å². The summed E-state index contributed by atoms with van der Waals surface area (Å²) in [7, 11) is 0. The van der Waals surface area contributed by atoms with Crippen molar-refractivity contribution in [2.45, 2.75) is 52.4 Å². The van der Waals surface area contributed by atoms with Crippen LogP contribution < -0.4 is 15.9 Å². The van der Waals surface area contributed by atoms with Crippen molar-refractivity contribution >= 4 is 52.3 Å². The maximum atomic E-state index is 12.5. The molecule has 0 radical (unpaired) electrons. The number of hydrogen-bond acceptors (Lipinski definition) is 9. The van der Waals surface area contributed by atoms with E-state index in [1.807, 2.05) is 61.5 Å². The summed E-state index contributed by atoms with van der Waals surface area (Å²) in [4.78, 5) is 44.0. The van der Waals surface area contributed by atoms with Crippen molar-refractivity contribution in [1.29, 1.82) is 0 Å². The first kappa shape index (κ1) is 43.8. The lowest BCUT2D eigenvalue weighted by Crippen LogP contribution is -2.29. The minimum absolute atomic E-state index is 0.227. The second kappa shape index (κ2) is 25.4. The molecule has 3 heterocycles. The molecule has 3 aromatic rings. The number of esters is 2. The molecule has 0 bridgehead atoms. The zero-order chi connectivity index (χ0) is 38.9. The fourth-order valence-corrected chi connectivity index (χ4v) is 9.34. The molecule has 3 aliphatic rings. The Morgan fingerprint density at radius 1 is 0.574 bits per heavy atom. The van der Waals surface area contributed by atoms with Crippen LogP contribution in [-0.2, 0) is 42.9 Å². The monoisotopic (exact) mass is 760 g/mol. The van der Waals surface area contributed by atoms with Crippen LogP contribution in [0.4, 0.5) is 0 Å². The second-order valence-electron chi connectivity index (χ2n) is 12.2. The summed E-state index contributed by atoms with van der Waals surface area (Å²) in [5, 5.41) is 11.8. The lowest BCUT2D eigenvalue weighted by atomic mass is 10.1. The van der Waals surface area contributed by atoms with Crippen LogP contribution in [0.1, 0.15) is 52.4 Å². The highest BCUT2D eigenvalue weighted by molar-refractivity contribution is 7.95. The van der Waals surface area contributed by atoms with Crippen LogP contribution in [0, 0.1) is 0 Å². The molecule has 0 aliphatic carbocycles. The number of rotatable bonds is 8. The van der Waals surface area contributed by atoms with E-state index < -0.39 is 12.9 Å². The number of aliphatic carboxylic acids is 1. The Hall–Kier alpha value is -4.60. The summed E-state index contributed by atoms with van der Waals surface area (Å²) in [5.74, 6) is 0.793. The normalized spacial score (nSPS) is 15.3. The third kappa shape index (κ3) is 15.8. The number of hydrogen-bond donors (Lipinski definition) is 1. The molecule has 290 valence electrons. The van der Waals surface area contributed by atoms with Gasteiger partial charge in [0.1, 0.15) is 5.78 Å². The van der Waals surface area contributed by atoms with Crippen LogP contribution in [0.5, 0.6) is 0 Å². The topological polar surface area (TPSA) is 135 Å². The van der Waals surface area contributed by atoms with Crippen LogP contribution >= 0.6 is 6.89 Å². The van der Waals surface area contributed by atoms with E-state index in [2.05, 4.69) is 36.4 Å². The highest BCUT2D eigenvalue weighted by atomic mass is 31.2. The lowest BCUT2D eigenvalue weighted by Gasteiger charge is -2.28. The van der Waals surface area contributed by atoms with Crippen LogP contribution in [-0.4, -0.2) is 87.4 Å². The van der Waals surface area contributed by atoms with Crippen molar-refractivity contribution < 1.29 is 48.0 Å². The van der Waals surface area contributed by atoms with Gasteiger partial charge in [0.05, 0.1) is 52.9 Å². The first-order chi connectivity index (χ1) is 26.3. The molecule has 0 unspecified atom stereocenters. The van der Waals surface area contributed by atoms with Gasteiger partial charge in [0, 0.05) is 30.8 Å². The number of carbonyl (C=O) groups is 4. The predicted octanol–water partition coefficient (Wildman–Crippen LogP) is 5.81. The van der Waals surface area contributed by atoms with E-state index >= 15 is 0 Å². The molecule has 1 N–H and O–H groups in total. The summed E-state index contributed by atoms with van der Waals surface area (Å²) < 4.78 is 25.2. The van der Waals surface area contributed by atoms with Crippen molar-refractivity contribution in [3.8, 4) is 0 Å². The number of carboxylic acid groups (broad SMARTS) is 1. The van der Waals surface area contributed by atoms with E-state index in [4.69, 9.17) is 28.8 Å². The van der Waals surface area contributed by atoms with E-state index in [0.29, 0.717) is 58.3 Å². The minimum Gasteiger partial charge on any atom is -0.478 e. The smallest absolute Gasteiger partial charge is 0.331 e. The van der Waals surface area contributed by atoms with E-state index in [1.54, 1.807) is 18.8 Å². The molecule has 3 fully saturated rings. The van der Waals surface area contributed by atoms with Gasteiger partial charge < -0.3 is 28.8 Å². The Morgan fingerprint density at radius 2 is 0.926 bits per heavy atom. The van der Waals surface area contributed by atoms with Crippen LogP contribution in [0.15, 0.2) is 114 Å². The first-order valence-corrected chi connectivity index (χ1v) is 20.3. The van der Waals surface area contributed by atoms with Gasteiger partial charge in [-0.1, -0.05) is 102 Å². The Morgan fingerprint density at radius 3 is 1.26 bits per heavy atom. The number of carboxylic acids is 1. The zero-order valence-electron chi connectivity index (χ0n) is 31.4. The molecule has 3 aromatic carbocycles. The number of benzene rings is 3. The molecular formula is C43H53O10P. The Kier molecular flexibility index (Phi) is 20.6. The minimum atomic E-state index is -2.24. The maximum Gasteiger partial charge on any atom is 0.331 e. The third-order valence-corrected chi connectivity index (χ3v) is 12.3. The van der Waals surface area contributed by atoms with Crippen molar-refractivity contribution in [1.82, 2.24) is 0 Å². The molecule has 0 aromatic heterocycles. The highest BCUT2D eigenvalue weighted by Crippen LogP contribution is 2.43. The number of ketones is 1. The molecule has 10 nitrogen and oxygen atoms in total. The standard InChI is InChI=1S/C22H21O2P.C9H14O3.C7H10O3.C5H8O2/c1-2-24-22(23)18-25(19-12-6-3-7-13-19,20-14-8-4-9-15-20)21-16-10-5-11-17-21;1-2-12-9(10)7-8-3-5-11-6-4-8;8-7(9)5-6-1-3-10-4-2-6;6-5-1-3-7-4-2-5/h3-18H,2H2,1H3;7H,2-6H2,1H3;5H,1-4H2,(H,8,9);1-4H2. The van der Waals surface area contributed by atoms with Gasteiger partial charge in [-0.15, -0.1) is 0 Å². The largest absolute Gasteiger partial charge is 0.478 e. The first-order valence-electron chi connectivity index (χ1n) is 18.4. The number of ether oxygens (including phenoxy) is 5. The van der Waals surface area contributed by atoms with Gasteiger partial charge in [-0.2, -0.15) is 0 Å². The molecule has 6 rings (SSSR count). The van der Waals surface area contributed by atoms with E-state index in [0.717, 1.165) is 66.0 Å². The summed E-state index contributed by atoms with van der Waals surface area (Å²) in [6, 6.07) is 30.7. The van der Waals surface area contributed by atoms with E-state index in [9.17, 15) is 19.2 Å². The van der Waals surface area contributed by atoms with Gasteiger partial charge >= 0.3 is 17.9 Å². The number of Topliss-reactive ketones (excluding diaryl/α,β-unsaturated/α-hetero) is 1. The summed E-state index contributed by atoms with van der Waals surface area (Å²) in [6.45, 7) is 6.27. The van der Waals surface area contributed by atoms with Gasteiger partial charge in [-0.05, 0) is 62.3 Å². The van der Waals surface area contributed by atoms with Gasteiger partial charge in [-0.3, -0.25) is 4.79 Å². The molecule has 0 amide bonds. The van der Waals surface area contributed by atoms with Gasteiger partial charge in [0.25, 0.3) is 0 Å². The fourth-order valence-electron chi connectivity index (χ4n) is 5.68. The SMILES string of the molecule is CCOC(=O)C=C1CCOCC1.CCOC(=O)C=P(c1ccccc1)(c1ccccc1)c1ccccc1.O=C(O)C=C1CCOCC1.O=C1CCOCC1. The summed E-state index contributed by atoms with van der Waals surface area (Å²) >= 11 is 0. The van der Waals surface area contributed by atoms with E-state index in [-0.39, 0.29) is 11.9 Å². The molecule has 0 spiro atoms. The van der Waals surface area contributed by atoms with Crippen LogP contribution in [0.2, 0.25) is 0 Å². The predicted molar refractivity (Wildman–Crippen MR) is 213 cm³/mol. The third-order valence-electron chi connectivity index (χ3n) is 8.33. The molecule has 54 heavy (non-hydrogen) atoms. The fraction of sp³-hybridized carbons (Fsp3) is 0.372. The molecule has 3 aliphatic heterocycles. The molecule has 3 saturated heterocycles. The Labute approximate surface area is 319 Å². The lowest BCUT2D eigenvalue weighted by molar-refractivity contribution is -0.137. The molecule has 0 atom stereocenters. The average Bonchev–Trinajstić information content (AvgIpc) is 3.20. The van der Waals surface area contributed by atoms with Crippen molar-refractivity contribution in [3.63, 3.8) is 0 Å². The van der Waals surface area contributed by atoms with Crippen LogP contribution in [0.3, 0.4) is 0 Å². The summed E-state index contributed by atoms with van der Waals surface area (Å²) in [6.07, 6.45) is 7.38. The van der Waals surface area contributed by atoms with E-state index in [1.165, 1.54) is 6.08 Å². The second-order valence-corrected chi connectivity index (χ2v) is 15.4.